The molecular weight excluding hydrogens is 310 g/mol. The van der Waals surface area contributed by atoms with Crippen LogP contribution >= 0.6 is 0 Å². The minimum atomic E-state index is -0.652. The van der Waals surface area contributed by atoms with Crippen molar-refractivity contribution in [2.24, 2.45) is 0 Å². The van der Waals surface area contributed by atoms with Crippen LogP contribution in [0.2, 0.25) is 0 Å². The van der Waals surface area contributed by atoms with Crippen LogP contribution < -0.4 is 14.8 Å². The van der Waals surface area contributed by atoms with Crippen LogP contribution in [0.3, 0.4) is 0 Å². The van der Waals surface area contributed by atoms with Gasteiger partial charge in [-0.05, 0) is 17.7 Å². The van der Waals surface area contributed by atoms with Gasteiger partial charge in [-0.2, -0.15) is 0 Å². The van der Waals surface area contributed by atoms with E-state index in [0.717, 1.165) is 5.56 Å². The Balaban J connectivity index is 1.90. The summed E-state index contributed by atoms with van der Waals surface area (Å²) in [4.78, 5) is 23.9. The fourth-order valence-electron chi connectivity index (χ4n) is 2.10. The van der Waals surface area contributed by atoms with Crippen LogP contribution in [0.5, 0.6) is 11.5 Å². The van der Waals surface area contributed by atoms with Gasteiger partial charge in [-0.1, -0.05) is 36.4 Å². The monoisotopic (exact) mass is 329 g/mol. The number of benzene rings is 2. The number of esters is 1. The molecule has 0 bridgehead atoms. The lowest BCUT2D eigenvalue weighted by molar-refractivity contribution is -0.124. The van der Waals surface area contributed by atoms with Crippen molar-refractivity contribution < 1.29 is 23.8 Å². The molecule has 0 heterocycles. The van der Waals surface area contributed by atoms with Gasteiger partial charge in [0.05, 0.1) is 14.2 Å². The number of nitrogens with one attached hydrogen (secondary N) is 1. The predicted molar refractivity (Wildman–Crippen MR) is 88.1 cm³/mol. The number of carbonyl (C=O) groups excluding carboxylic acids is 2. The van der Waals surface area contributed by atoms with Crippen LogP contribution in [0.4, 0.5) is 0 Å². The van der Waals surface area contributed by atoms with E-state index in [-0.39, 0.29) is 23.8 Å². The average Bonchev–Trinajstić information content (AvgIpc) is 2.64. The molecule has 0 aliphatic rings. The van der Waals surface area contributed by atoms with Gasteiger partial charge in [-0.25, -0.2) is 4.79 Å². The topological polar surface area (TPSA) is 73.9 Å². The Morgan fingerprint density at radius 2 is 1.71 bits per heavy atom. The summed E-state index contributed by atoms with van der Waals surface area (Å²) in [7, 11) is 2.91. The number of rotatable bonds is 7. The highest BCUT2D eigenvalue weighted by Gasteiger charge is 2.18. The first-order chi connectivity index (χ1) is 11.7. The van der Waals surface area contributed by atoms with Crippen LogP contribution in [0.25, 0.3) is 0 Å². The lowest BCUT2D eigenvalue weighted by Crippen LogP contribution is -2.28. The van der Waals surface area contributed by atoms with Crippen LogP contribution in [0, 0.1) is 0 Å². The highest BCUT2D eigenvalue weighted by molar-refractivity contribution is 5.94. The van der Waals surface area contributed by atoms with Crippen molar-refractivity contribution in [3.05, 3.63) is 59.7 Å². The third-order valence-electron chi connectivity index (χ3n) is 3.29. The van der Waals surface area contributed by atoms with E-state index >= 15 is 0 Å². The Hall–Kier alpha value is -3.02. The number of amides is 1. The molecule has 1 N–H and O–H groups in total. The van der Waals surface area contributed by atoms with Crippen molar-refractivity contribution in [1.82, 2.24) is 5.32 Å². The van der Waals surface area contributed by atoms with Gasteiger partial charge in [-0.15, -0.1) is 0 Å². The molecular formula is C18H19NO5. The predicted octanol–water partition coefficient (Wildman–Crippen LogP) is 2.18. The van der Waals surface area contributed by atoms with Gasteiger partial charge in [0.25, 0.3) is 5.91 Å². The Morgan fingerprint density at radius 3 is 2.38 bits per heavy atom. The second-order valence-electron chi connectivity index (χ2n) is 4.88. The first kappa shape index (κ1) is 17.3. The summed E-state index contributed by atoms with van der Waals surface area (Å²) >= 11 is 0. The summed E-state index contributed by atoms with van der Waals surface area (Å²) < 4.78 is 15.3. The number of carbonyl (C=O) groups is 2. The SMILES string of the molecule is COc1cccc(C(=O)OCC(=O)NCc2ccccc2)c1OC. The number of ether oxygens (including phenoxy) is 3. The number of hydrogen-bond acceptors (Lipinski definition) is 5. The number of para-hydroxylation sites is 1. The van der Waals surface area contributed by atoms with E-state index < -0.39 is 5.97 Å². The van der Waals surface area contributed by atoms with Crippen LogP contribution in [-0.2, 0) is 16.1 Å². The van der Waals surface area contributed by atoms with Crippen molar-refractivity contribution in [3.8, 4) is 11.5 Å². The summed E-state index contributed by atoms with van der Waals surface area (Å²) in [5, 5.41) is 2.68. The Kier molecular flexibility index (Phi) is 6.19. The van der Waals surface area contributed by atoms with Gasteiger partial charge in [-0.3, -0.25) is 4.79 Å². The van der Waals surface area contributed by atoms with Crippen molar-refractivity contribution >= 4 is 11.9 Å². The molecule has 126 valence electrons. The van der Waals surface area contributed by atoms with E-state index in [4.69, 9.17) is 14.2 Å². The van der Waals surface area contributed by atoms with Crippen molar-refractivity contribution in [1.29, 1.82) is 0 Å². The molecule has 0 atom stereocenters. The highest BCUT2D eigenvalue weighted by atomic mass is 16.5. The number of methoxy groups -OCH3 is 2. The van der Waals surface area contributed by atoms with E-state index in [1.165, 1.54) is 14.2 Å². The number of hydrogen-bond donors (Lipinski definition) is 1. The van der Waals surface area contributed by atoms with Gasteiger partial charge in [0.2, 0.25) is 0 Å². The fourth-order valence-corrected chi connectivity index (χ4v) is 2.10. The lowest BCUT2D eigenvalue weighted by Gasteiger charge is -2.12. The summed E-state index contributed by atoms with van der Waals surface area (Å²) in [6.07, 6.45) is 0. The quantitative estimate of drug-likeness (QED) is 0.788. The molecule has 1 amide bonds. The molecule has 6 heteroatoms. The Labute approximate surface area is 140 Å². The van der Waals surface area contributed by atoms with Gasteiger partial charge < -0.3 is 19.5 Å². The third-order valence-corrected chi connectivity index (χ3v) is 3.29. The smallest absolute Gasteiger partial charge is 0.342 e. The minimum absolute atomic E-state index is 0.202. The summed E-state index contributed by atoms with van der Waals surface area (Å²) in [6.45, 7) is 0.00569. The molecule has 24 heavy (non-hydrogen) atoms. The summed E-state index contributed by atoms with van der Waals surface area (Å²) in [6, 6.07) is 14.3. The minimum Gasteiger partial charge on any atom is -0.493 e. The zero-order chi connectivity index (χ0) is 17.4. The van der Waals surface area contributed by atoms with E-state index in [1.54, 1.807) is 18.2 Å². The van der Waals surface area contributed by atoms with Gasteiger partial charge in [0.15, 0.2) is 18.1 Å². The summed E-state index contributed by atoms with van der Waals surface area (Å²) in [5.41, 5.74) is 1.17. The molecule has 0 aliphatic heterocycles. The maximum Gasteiger partial charge on any atom is 0.342 e. The molecule has 0 aliphatic carbocycles. The largest absolute Gasteiger partial charge is 0.493 e. The second kappa shape index (κ2) is 8.57. The molecule has 0 aromatic heterocycles. The van der Waals surface area contributed by atoms with Crippen molar-refractivity contribution in [2.75, 3.05) is 20.8 Å². The first-order valence-corrected chi connectivity index (χ1v) is 7.34. The van der Waals surface area contributed by atoms with Gasteiger partial charge in [0, 0.05) is 6.54 Å². The average molecular weight is 329 g/mol. The van der Waals surface area contributed by atoms with Gasteiger partial charge in [0.1, 0.15) is 5.56 Å². The second-order valence-corrected chi connectivity index (χ2v) is 4.88. The van der Waals surface area contributed by atoms with Crippen LogP contribution in [0.1, 0.15) is 15.9 Å². The normalized spacial score (nSPS) is 9.92. The molecule has 0 fully saturated rings. The van der Waals surface area contributed by atoms with Crippen molar-refractivity contribution in [2.45, 2.75) is 6.54 Å². The fraction of sp³-hybridized carbons (Fsp3) is 0.222. The van der Waals surface area contributed by atoms with Crippen LogP contribution in [-0.4, -0.2) is 32.7 Å². The molecule has 0 spiro atoms. The van der Waals surface area contributed by atoms with Crippen LogP contribution in [0.15, 0.2) is 48.5 Å². The van der Waals surface area contributed by atoms with E-state index in [0.29, 0.717) is 12.3 Å². The molecule has 0 radical (unpaired) electrons. The Morgan fingerprint density at radius 1 is 0.958 bits per heavy atom. The molecule has 2 rings (SSSR count). The Bertz CT molecular complexity index is 700. The van der Waals surface area contributed by atoms with Crippen molar-refractivity contribution in [3.63, 3.8) is 0 Å². The molecule has 0 saturated heterocycles. The molecule has 2 aromatic carbocycles. The van der Waals surface area contributed by atoms with E-state index in [2.05, 4.69) is 5.32 Å². The molecule has 2 aromatic rings. The zero-order valence-corrected chi connectivity index (χ0v) is 13.6. The van der Waals surface area contributed by atoms with E-state index in [9.17, 15) is 9.59 Å². The molecule has 6 nitrogen and oxygen atoms in total. The molecule has 0 saturated carbocycles. The van der Waals surface area contributed by atoms with E-state index in [1.807, 2.05) is 30.3 Å². The van der Waals surface area contributed by atoms with Gasteiger partial charge >= 0.3 is 5.97 Å². The maximum atomic E-state index is 12.1. The first-order valence-electron chi connectivity index (χ1n) is 7.34. The lowest BCUT2D eigenvalue weighted by atomic mass is 10.2. The zero-order valence-electron chi connectivity index (χ0n) is 13.6. The third kappa shape index (κ3) is 4.49. The molecule has 0 unspecified atom stereocenters. The summed E-state index contributed by atoms with van der Waals surface area (Å²) in [5.74, 6) is -0.343. The highest BCUT2D eigenvalue weighted by Crippen LogP contribution is 2.30. The maximum absolute atomic E-state index is 12.1. The standard InChI is InChI=1S/C18H19NO5/c1-22-15-10-6-9-14(17(15)23-2)18(21)24-12-16(20)19-11-13-7-4-3-5-8-13/h3-10H,11-12H2,1-2H3,(H,19,20).